The molecule has 0 aliphatic carbocycles. The van der Waals surface area contributed by atoms with Crippen molar-refractivity contribution in [3.8, 4) is 5.75 Å². The largest absolute Gasteiger partial charge is 0.492 e. The lowest BCUT2D eigenvalue weighted by Gasteiger charge is -2.39. The fourth-order valence-corrected chi connectivity index (χ4v) is 2.51. The number of hydrogen-bond acceptors (Lipinski definition) is 3. The standard InChI is InChI=1S/C15H22N2O2/c1-13-12-16(8-9-17(13)14(2)18)10-11-19-15-6-4-3-5-7-15/h3-7,13H,8-12H2,1-2H3/t13-/m1/s1. The molecule has 1 fully saturated rings. The molecule has 1 amide bonds. The minimum atomic E-state index is 0.174. The highest BCUT2D eigenvalue weighted by Gasteiger charge is 2.24. The van der Waals surface area contributed by atoms with Crippen LogP contribution in [0.5, 0.6) is 5.75 Å². The zero-order chi connectivity index (χ0) is 13.7. The fraction of sp³-hybridized carbons (Fsp3) is 0.533. The van der Waals surface area contributed by atoms with Crippen molar-refractivity contribution in [2.24, 2.45) is 0 Å². The zero-order valence-electron chi connectivity index (χ0n) is 11.7. The second kappa shape index (κ2) is 6.57. The summed E-state index contributed by atoms with van der Waals surface area (Å²) < 4.78 is 5.70. The van der Waals surface area contributed by atoms with E-state index in [-0.39, 0.29) is 5.91 Å². The molecule has 0 radical (unpaired) electrons. The minimum absolute atomic E-state index is 0.174. The Balaban J connectivity index is 1.72. The third-order valence-corrected chi connectivity index (χ3v) is 3.54. The Bertz CT molecular complexity index is 408. The van der Waals surface area contributed by atoms with Gasteiger partial charge >= 0.3 is 0 Å². The Labute approximate surface area is 115 Å². The topological polar surface area (TPSA) is 32.8 Å². The van der Waals surface area contributed by atoms with Gasteiger partial charge in [0.25, 0.3) is 0 Å². The quantitative estimate of drug-likeness (QED) is 0.826. The first-order chi connectivity index (χ1) is 9.16. The minimum Gasteiger partial charge on any atom is -0.492 e. The van der Waals surface area contributed by atoms with Crippen LogP contribution in [-0.4, -0.2) is 54.5 Å². The second-order valence-corrected chi connectivity index (χ2v) is 5.02. The molecule has 19 heavy (non-hydrogen) atoms. The summed E-state index contributed by atoms with van der Waals surface area (Å²) in [5.41, 5.74) is 0. The van der Waals surface area contributed by atoms with Crippen LogP contribution in [-0.2, 0) is 4.79 Å². The van der Waals surface area contributed by atoms with Gasteiger partial charge in [-0.1, -0.05) is 18.2 Å². The molecule has 0 saturated carbocycles. The maximum absolute atomic E-state index is 11.4. The summed E-state index contributed by atoms with van der Waals surface area (Å²) in [6, 6.07) is 10.2. The van der Waals surface area contributed by atoms with Crippen LogP contribution < -0.4 is 4.74 Å². The SMILES string of the molecule is CC(=O)N1CCN(CCOc2ccccc2)C[C@H]1C. The van der Waals surface area contributed by atoms with E-state index in [4.69, 9.17) is 4.74 Å². The van der Waals surface area contributed by atoms with Crippen molar-refractivity contribution >= 4 is 5.91 Å². The Morgan fingerprint density at radius 2 is 2.05 bits per heavy atom. The van der Waals surface area contributed by atoms with Crippen LogP contribution in [0.3, 0.4) is 0 Å². The Hall–Kier alpha value is -1.55. The monoisotopic (exact) mass is 262 g/mol. The van der Waals surface area contributed by atoms with Gasteiger partial charge < -0.3 is 9.64 Å². The Kier molecular flexibility index (Phi) is 4.80. The fourth-order valence-electron chi connectivity index (χ4n) is 2.51. The number of para-hydroxylation sites is 1. The zero-order valence-corrected chi connectivity index (χ0v) is 11.7. The maximum Gasteiger partial charge on any atom is 0.219 e. The summed E-state index contributed by atoms with van der Waals surface area (Å²) in [7, 11) is 0. The van der Waals surface area contributed by atoms with Gasteiger partial charge in [0.15, 0.2) is 0 Å². The van der Waals surface area contributed by atoms with E-state index in [1.54, 1.807) is 6.92 Å². The van der Waals surface area contributed by atoms with Crippen LogP contribution in [0, 0.1) is 0 Å². The van der Waals surface area contributed by atoms with Crippen molar-refractivity contribution in [2.75, 3.05) is 32.8 Å². The van der Waals surface area contributed by atoms with E-state index >= 15 is 0 Å². The van der Waals surface area contributed by atoms with Gasteiger partial charge in [0.1, 0.15) is 12.4 Å². The second-order valence-electron chi connectivity index (χ2n) is 5.02. The molecule has 0 spiro atoms. The van der Waals surface area contributed by atoms with Crippen molar-refractivity contribution < 1.29 is 9.53 Å². The molecule has 1 aliphatic rings. The van der Waals surface area contributed by atoms with Gasteiger partial charge in [-0.25, -0.2) is 0 Å². The van der Waals surface area contributed by atoms with Gasteiger partial charge in [-0.15, -0.1) is 0 Å². The highest BCUT2D eigenvalue weighted by atomic mass is 16.5. The average molecular weight is 262 g/mol. The molecule has 104 valence electrons. The first-order valence-electron chi connectivity index (χ1n) is 6.84. The van der Waals surface area contributed by atoms with Crippen LogP contribution in [0.2, 0.25) is 0 Å². The molecule has 0 bridgehead atoms. The van der Waals surface area contributed by atoms with Crippen molar-refractivity contribution in [1.29, 1.82) is 0 Å². The van der Waals surface area contributed by atoms with Gasteiger partial charge in [0.2, 0.25) is 5.91 Å². The molecule has 2 rings (SSSR count). The molecular formula is C15H22N2O2. The average Bonchev–Trinajstić information content (AvgIpc) is 2.39. The number of benzene rings is 1. The van der Waals surface area contributed by atoms with Crippen molar-refractivity contribution in [2.45, 2.75) is 19.9 Å². The van der Waals surface area contributed by atoms with Crippen LogP contribution in [0.25, 0.3) is 0 Å². The molecule has 4 heteroatoms. The Morgan fingerprint density at radius 3 is 2.68 bits per heavy atom. The van der Waals surface area contributed by atoms with Crippen LogP contribution in [0.4, 0.5) is 0 Å². The van der Waals surface area contributed by atoms with Crippen LogP contribution in [0.15, 0.2) is 30.3 Å². The molecule has 1 aliphatic heterocycles. The highest BCUT2D eigenvalue weighted by Crippen LogP contribution is 2.11. The van der Waals surface area contributed by atoms with E-state index in [1.165, 1.54) is 0 Å². The first-order valence-corrected chi connectivity index (χ1v) is 6.84. The van der Waals surface area contributed by atoms with Gasteiger partial charge in [-0.2, -0.15) is 0 Å². The Morgan fingerprint density at radius 1 is 1.32 bits per heavy atom. The lowest BCUT2D eigenvalue weighted by atomic mass is 10.2. The van der Waals surface area contributed by atoms with Crippen molar-refractivity contribution in [1.82, 2.24) is 9.80 Å². The summed E-state index contributed by atoms with van der Waals surface area (Å²) in [5.74, 6) is 1.09. The number of carbonyl (C=O) groups is 1. The third-order valence-electron chi connectivity index (χ3n) is 3.54. The summed E-state index contributed by atoms with van der Waals surface area (Å²) >= 11 is 0. The number of amides is 1. The molecule has 0 unspecified atom stereocenters. The molecule has 1 saturated heterocycles. The summed E-state index contributed by atoms with van der Waals surface area (Å²) in [6.07, 6.45) is 0. The predicted octanol–water partition coefficient (Wildman–Crippen LogP) is 1.62. The molecule has 1 atom stereocenters. The molecular weight excluding hydrogens is 240 g/mol. The first kappa shape index (κ1) is 13.9. The van der Waals surface area contributed by atoms with Crippen LogP contribution >= 0.6 is 0 Å². The molecule has 0 aromatic heterocycles. The molecule has 4 nitrogen and oxygen atoms in total. The highest BCUT2D eigenvalue weighted by molar-refractivity contribution is 5.73. The van der Waals surface area contributed by atoms with Crippen LogP contribution in [0.1, 0.15) is 13.8 Å². The number of rotatable bonds is 4. The van der Waals surface area contributed by atoms with E-state index < -0.39 is 0 Å². The summed E-state index contributed by atoms with van der Waals surface area (Å²) in [5, 5.41) is 0. The van der Waals surface area contributed by atoms with Crippen molar-refractivity contribution in [3.63, 3.8) is 0 Å². The molecule has 0 N–H and O–H groups in total. The molecule has 1 heterocycles. The maximum atomic E-state index is 11.4. The predicted molar refractivity (Wildman–Crippen MR) is 75.2 cm³/mol. The van der Waals surface area contributed by atoms with E-state index in [2.05, 4.69) is 11.8 Å². The number of ether oxygens (including phenoxy) is 1. The third kappa shape index (κ3) is 3.96. The van der Waals surface area contributed by atoms with Gasteiger partial charge in [0.05, 0.1) is 0 Å². The van der Waals surface area contributed by atoms with Crippen molar-refractivity contribution in [3.05, 3.63) is 30.3 Å². The van der Waals surface area contributed by atoms with E-state index in [1.807, 2.05) is 35.2 Å². The van der Waals surface area contributed by atoms with E-state index in [0.29, 0.717) is 12.6 Å². The summed E-state index contributed by atoms with van der Waals surface area (Å²) in [6.45, 7) is 8.03. The number of hydrogen-bond donors (Lipinski definition) is 0. The normalized spacial score (nSPS) is 20.3. The van der Waals surface area contributed by atoms with E-state index in [0.717, 1.165) is 31.9 Å². The number of nitrogens with zero attached hydrogens (tertiary/aromatic N) is 2. The molecule has 1 aromatic rings. The van der Waals surface area contributed by atoms with Gasteiger partial charge in [-0.05, 0) is 19.1 Å². The summed E-state index contributed by atoms with van der Waals surface area (Å²) in [4.78, 5) is 15.7. The van der Waals surface area contributed by atoms with Gasteiger partial charge in [-0.3, -0.25) is 9.69 Å². The number of piperazine rings is 1. The molecule has 1 aromatic carbocycles. The van der Waals surface area contributed by atoms with E-state index in [9.17, 15) is 4.79 Å². The lowest BCUT2D eigenvalue weighted by Crippen LogP contribution is -2.54. The number of carbonyl (C=O) groups excluding carboxylic acids is 1. The lowest BCUT2D eigenvalue weighted by molar-refractivity contribution is -0.133. The smallest absolute Gasteiger partial charge is 0.219 e. The van der Waals surface area contributed by atoms with Gasteiger partial charge in [0, 0.05) is 39.1 Å².